The summed E-state index contributed by atoms with van der Waals surface area (Å²) >= 11 is 6.00. The van der Waals surface area contributed by atoms with Crippen LogP contribution in [0, 0.1) is 0 Å². The molecule has 0 aromatic carbocycles. The number of nitrogens with zero attached hydrogens (tertiary/aromatic N) is 4. The van der Waals surface area contributed by atoms with Crippen LogP contribution in [0.1, 0.15) is 46.0 Å². The highest BCUT2D eigenvalue weighted by Gasteiger charge is 2.16. The molecule has 0 aliphatic heterocycles. The Morgan fingerprint density at radius 3 is 2.42 bits per heavy atom. The molecule has 1 saturated carbocycles. The second-order valence-corrected chi connectivity index (χ2v) is 5.22. The van der Waals surface area contributed by atoms with Gasteiger partial charge in [0.1, 0.15) is 0 Å². The Balaban J connectivity index is 2.11. The third kappa shape index (κ3) is 3.93. The third-order valence-electron chi connectivity index (χ3n) is 3.58. The zero-order valence-corrected chi connectivity index (χ0v) is 12.4. The van der Waals surface area contributed by atoms with Crippen LogP contribution in [0.4, 0.5) is 11.9 Å². The zero-order chi connectivity index (χ0) is 13.7. The van der Waals surface area contributed by atoms with Gasteiger partial charge in [-0.1, -0.05) is 19.3 Å². The van der Waals surface area contributed by atoms with Crippen molar-refractivity contribution in [3.63, 3.8) is 0 Å². The smallest absolute Gasteiger partial charge is 0.231 e. The van der Waals surface area contributed by atoms with E-state index in [9.17, 15) is 0 Å². The lowest BCUT2D eigenvalue weighted by molar-refractivity contribution is 0.460. The van der Waals surface area contributed by atoms with Crippen LogP contribution in [0.2, 0.25) is 5.28 Å². The highest BCUT2D eigenvalue weighted by molar-refractivity contribution is 6.28. The number of anilines is 2. The fraction of sp³-hybridized carbons (Fsp3) is 0.769. The molecule has 5 nitrogen and oxygen atoms in total. The van der Waals surface area contributed by atoms with E-state index in [1.165, 1.54) is 32.1 Å². The molecule has 1 aliphatic carbocycles. The van der Waals surface area contributed by atoms with Crippen LogP contribution in [-0.2, 0) is 0 Å². The topological polar surface area (TPSA) is 53.9 Å². The minimum absolute atomic E-state index is 0.259. The lowest BCUT2D eigenvalue weighted by Gasteiger charge is -2.24. The normalized spacial score (nSPS) is 16.4. The molecule has 6 heteroatoms. The first-order chi connectivity index (χ1) is 9.22. The maximum absolute atomic E-state index is 6.00. The summed E-state index contributed by atoms with van der Waals surface area (Å²) < 4.78 is 0. The van der Waals surface area contributed by atoms with Gasteiger partial charge < -0.3 is 10.2 Å². The molecule has 1 aromatic heterocycles. The minimum Gasteiger partial charge on any atom is -0.351 e. The van der Waals surface area contributed by atoms with Crippen LogP contribution in [0.25, 0.3) is 0 Å². The Labute approximate surface area is 119 Å². The Hall–Kier alpha value is -1.10. The van der Waals surface area contributed by atoms with Gasteiger partial charge in [-0.15, -0.1) is 0 Å². The Morgan fingerprint density at radius 1 is 1.11 bits per heavy atom. The lowest BCUT2D eigenvalue weighted by Crippen LogP contribution is -2.27. The standard InChI is InChI=1S/C13H22ClN5/c1-3-19(4-2)13-17-11(14)16-12(18-13)15-10-8-6-5-7-9-10/h10H,3-9H2,1-2H3,(H,15,16,17,18). The summed E-state index contributed by atoms with van der Waals surface area (Å²) in [7, 11) is 0. The van der Waals surface area contributed by atoms with Crippen molar-refractivity contribution in [1.82, 2.24) is 15.0 Å². The molecule has 0 saturated heterocycles. The molecule has 106 valence electrons. The lowest BCUT2D eigenvalue weighted by atomic mass is 9.96. The van der Waals surface area contributed by atoms with Gasteiger partial charge in [0.05, 0.1) is 0 Å². The van der Waals surface area contributed by atoms with Gasteiger partial charge in [-0.05, 0) is 38.3 Å². The van der Waals surface area contributed by atoms with Gasteiger partial charge in [0.15, 0.2) is 0 Å². The van der Waals surface area contributed by atoms with Crippen LogP contribution in [0.3, 0.4) is 0 Å². The minimum atomic E-state index is 0.259. The summed E-state index contributed by atoms with van der Waals surface area (Å²) in [6.45, 7) is 5.88. The molecule has 0 amide bonds. The first kappa shape index (κ1) is 14.3. The van der Waals surface area contributed by atoms with Crippen molar-refractivity contribution in [1.29, 1.82) is 0 Å². The monoisotopic (exact) mass is 283 g/mol. The summed E-state index contributed by atoms with van der Waals surface area (Å²) in [4.78, 5) is 14.9. The number of aromatic nitrogens is 3. The summed E-state index contributed by atoms with van der Waals surface area (Å²) in [6.07, 6.45) is 6.26. The SMILES string of the molecule is CCN(CC)c1nc(Cl)nc(NC2CCCCC2)n1. The average Bonchev–Trinajstić information content (AvgIpc) is 2.40. The summed E-state index contributed by atoms with van der Waals surface area (Å²) in [6, 6.07) is 0.469. The van der Waals surface area contributed by atoms with Gasteiger partial charge in [-0.2, -0.15) is 15.0 Å². The van der Waals surface area contributed by atoms with Crippen molar-refractivity contribution in [3.05, 3.63) is 5.28 Å². The fourth-order valence-electron chi connectivity index (χ4n) is 2.48. The van der Waals surface area contributed by atoms with E-state index in [0.717, 1.165) is 13.1 Å². The van der Waals surface area contributed by atoms with E-state index in [1.807, 2.05) is 0 Å². The molecule has 19 heavy (non-hydrogen) atoms. The van der Waals surface area contributed by atoms with Gasteiger partial charge in [0.2, 0.25) is 17.2 Å². The maximum atomic E-state index is 6.00. The van der Waals surface area contributed by atoms with E-state index >= 15 is 0 Å². The van der Waals surface area contributed by atoms with Gasteiger partial charge >= 0.3 is 0 Å². The summed E-state index contributed by atoms with van der Waals surface area (Å²) in [5.74, 6) is 1.26. The van der Waals surface area contributed by atoms with E-state index in [2.05, 4.69) is 39.0 Å². The van der Waals surface area contributed by atoms with Gasteiger partial charge in [0, 0.05) is 19.1 Å². The predicted molar refractivity (Wildman–Crippen MR) is 78.9 cm³/mol. The molecule has 0 radical (unpaired) electrons. The predicted octanol–water partition coefficient (Wildman–Crippen LogP) is 3.12. The van der Waals surface area contributed by atoms with E-state index < -0.39 is 0 Å². The van der Waals surface area contributed by atoms with Crippen LogP contribution in [-0.4, -0.2) is 34.1 Å². The summed E-state index contributed by atoms with van der Waals surface area (Å²) in [5.41, 5.74) is 0. The molecule has 1 fully saturated rings. The highest BCUT2D eigenvalue weighted by atomic mass is 35.5. The van der Waals surface area contributed by atoms with E-state index in [-0.39, 0.29) is 5.28 Å². The second-order valence-electron chi connectivity index (χ2n) is 4.88. The molecule has 1 aliphatic rings. The molecule has 2 rings (SSSR count). The molecule has 1 heterocycles. The van der Waals surface area contributed by atoms with Crippen LogP contribution in [0.5, 0.6) is 0 Å². The van der Waals surface area contributed by atoms with E-state index in [4.69, 9.17) is 11.6 Å². The van der Waals surface area contributed by atoms with E-state index in [1.54, 1.807) is 0 Å². The first-order valence-electron chi connectivity index (χ1n) is 7.16. The maximum Gasteiger partial charge on any atom is 0.231 e. The molecular weight excluding hydrogens is 262 g/mol. The second kappa shape index (κ2) is 6.89. The molecule has 0 atom stereocenters. The van der Waals surface area contributed by atoms with Crippen molar-refractivity contribution in [3.8, 4) is 0 Å². The number of rotatable bonds is 5. The molecule has 0 unspecified atom stereocenters. The quantitative estimate of drug-likeness (QED) is 0.900. The largest absolute Gasteiger partial charge is 0.351 e. The van der Waals surface area contributed by atoms with Crippen molar-refractivity contribution >= 4 is 23.5 Å². The average molecular weight is 284 g/mol. The molecule has 0 spiro atoms. The summed E-state index contributed by atoms with van der Waals surface area (Å²) in [5, 5.41) is 3.65. The van der Waals surface area contributed by atoms with Crippen molar-refractivity contribution < 1.29 is 0 Å². The van der Waals surface area contributed by atoms with Crippen molar-refractivity contribution in [2.45, 2.75) is 52.0 Å². The Kier molecular flexibility index (Phi) is 5.19. The fourth-order valence-corrected chi connectivity index (χ4v) is 2.64. The number of halogens is 1. The van der Waals surface area contributed by atoms with Crippen LogP contribution >= 0.6 is 11.6 Å². The number of hydrogen-bond donors (Lipinski definition) is 1. The van der Waals surface area contributed by atoms with Crippen molar-refractivity contribution in [2.24, 2.45) is 0 Å². The van der Waals surface area contributed by atoms with E-state index in [0.29, 0.717) is 17.9 Å². The molecular formula is C13H22ClN5. The van der Waals surface area contributed by atoms with Crippen LogP contribution in [0.15, 0.2) is 0 Å². The zero-order valence-electron chi connectivity index (χ0n) is 11.7. The Bertz CT molecular complexity index is 402. The molecule has 1 N–H and O–H groups in total. The molecule has 0 bridgehead atoms. The Morgan fingerprint density at radius 2 is 1.79 bits per heavy atom. The number of nitrogens with one attached hydrogen (secondary N) is 1. The first-order valence-corrected chi connectivity index (χ1v) is 7.53. The number of hydrogen-bond acceptors (Lipinski definition) is 5. The van der Waals surface area contributed by atoms with Crippen molar-refractivity contribution in [2.75, 3.05) is 23.3 Å². The van der Waals surface area contributed by atoms with Gasteiger partial charge in [-0.3, -0.25) is 0 Å². The third-order valence-corrected chi connectivity index (χ3v) is 3.75. The van der Waals surface area contributed by atoms with Gasteiger partial charge in [0.25, 0.3) is 0 Å². The van der Waals surface area contributed by atoms with Gasteiger partial charge in [-0.25, -0.2) is 0 Å². The van der Waals surface area contributed by atoms with Crippen LogP contribution < -0.4 is 10.2 Å². The highest BCUT2D eigenvalue weighted by Crippen LogP contribution is 2.21. The molecule has 1 aromatic rings.